The highest BCUT2D eigenvalue weighted by Gasteiger charge is 2.15. The number of hydrazone groups is 1. The number of amides is 2. The van der Waals surface area contributed by atoms with Crippen molar-refractivity contribution in [1.29, 1.82) is 0 Å². The van der Waals surface area contributed by atoms with Gasteiger partial charge in [-0.25, -0.2) is 5.43 Å². The molecule has 5 nitrogen and oxygen atoms in total. The van der Waals surface area contributed by atoms with Crippen molar-refractivity contribution in [1.82, 2.24) is 10.7 Å². The number of nitrogens with zero attached hydrogens (tertiary/aromatic N) is 1. The van der Waals surface area contributed by atoms with Crippen molar-refractivity contribution >= 4 is 41.2 Å². The lowest BCUT2D eigenvalue weighted by Gasteiger charge is -2.12. The summed E-state index contributed by atoms with van der Waals surface area (Å²) in [7, 11) is 0. The molecule has 0 aliphatic heterocycles. The van der Waals surface area contributed by atoms with Crippen LogP contribution in [-0.4, -0.2) is 24.1 Å². The van der Waals surface area contributed by atoms with E-state index in [1.165, 1.54) is 6.21 Å². The third kappa shape index (κ3) is 5.08. The van der Waals surface area contributed by atoms with Gasteiger partial charge in [0.25, 0.3) is 11.8 Å². The quantitative estimate of drug-likeness (QED) is 0.632. The van der Waals surface area contributed by atoms with E-state index in [1.54, 1.807) is 49.4 Å². The second kappa shape index (κ2) is 8.47. The summed E-state index contributed by atoms with van der Waals surface area (Å²) in [6.45, 7) is 1.57. The van der Waals surface area contributed by atoms with Crippen molar-refractivity contribution in [2.45, 2.75) is 13.0 Å². The van der Waals surface area contributed by atoms with E-state index in [-0.39, 0.29) is 5.91 Å². The molecule has 0 heterocycles. The van der Waals surface area contributed by atoms with Crippen LogP contribution in [0.3, 0.4) is 0 Å². The first-order valence-corrected chi connectivity index (χ1v) is 7.87. The summed E-state index contributed by atoms with van der Waals surface area (Å²) in [5.74, 6) is -0.774. The SMILES string of the molecule is CC(NC(=O)c1ccccc1)C(=O)N/N=C/c1ccc(Cl)cc1Cl. The van der Waals surface area contributed by atoms with Gasteiger partial charge >= 0.3 is 0 Å². The lowest BCUT2D eigenvalue weighted by molar-refractivity contribution is -0.122. The number of benzene rings is 2. The van der Waals surface area contributed by atoms with Gasteiger partial charge in [0, 0.05) is 16.1 Å². The van der Waals surface area contributed by atoms with E-state index in [0.29, 0.717) is 21.2 Å². The lowest BCUT2D eigenvalue weighted by Crippen LogP contribution is -2.43. The Kier molecular flexibility index (Phi) is 6.35. The van der Waals surface area contributed by atoms with Crippen LogP contribution in [0, 0.1) is 0 Å². The summed E-state index contributed by atoms with van der Waals surface area (Å²) in [5, 5.41) is 7.36. The van der Waals surface area contributed by atoms with E-state index in [9.17, 15) is 9.59 Å². The van der Waals surface area contributed by atoms with Crippen molar-refractivity contribution in [3.05, 3.63) is 69.7 Å². The van der Waals surface area contributed by atoms with Crippen LogP contribution in [0.4, 0.5) is 0 Å². The van der Waals surface area contributed by atoms with Crippen molar-refractivity contribution in [3.63, 3.8) is 0 Å². The highest BCUT2D eigenvalue weighted by atomic mass is 35.5. The minimum Gasteiger partial charge on any atom is -0.340 e. The molecular weight excluding hydrogens is 349 g/mol. The predicted octanol–water partition coefficient (Wildman–Crippen LogP) is 3.26. The van der Waals surface area contributed by atoms with E-state index >= 15 is 0 Å². The number of carbonyl (C=O) groups excluding carboxylic acids is 2. The van der Waals surface area contributed by atoms with E-state index < -0.39 is 11.9 Å². The number of hydrogen-bond acceptors (Lipinski definition) is 3. The lowest BCUT2D eigenvalue weighted by atomic mass is 10.2. The van der Waals surface area contributed by atoms with Crippen LogP contribution in [-0.2, 0) is 4.79 Å². The maximum Gasteiger partial charge on any atom is 0.262 e. The average molecular weight is 364 g/mol. The molecule has 7 heteroatoms. The highest BCUT2D eigenvalue weighted by Crippen LogP contribution is 2.19. The zero-order chi connectivity index (χ0) is 17.5. The van der Waals surface area contributed by atoms with Crippen LogP contribution in [0.5, 0.6) is 0 Å². The van der Waals surface area contributed by atoms with Gasteiger partial charge in [-0.1, -0.05) is 47.5 Å². The Balaban J connectivity index is 1.89. The maximum atomic E-state index is 12.0. The molecule has 0 aromatic heterocycles. The second-order valence-electron chi connectivity index (χ2n) is 4.96. The summed E-state index contributed by atoms with van der Waals surface area (Å²) in [4.78, 5) is 23.9. The number of halogens is 2. The topological polar surface area (TPSA) is 70.6 Å². The maximum absolute atomic E-state index is 12.0. The normalized spacial score (nSPS) is 12.0. The molecule has 2 rings (SSSR count). The van der Waals surface area contributed by atoms with Crippen molar-refractivity contribution in [3.8, 4) is 0 Å². The molecule has 24 heavy (non-hydrogen) atoms. The number of hydrogen-bond donors (Lipinski definition) is 2. The minimum absolute atomic E-state index is 0.331. The minimum atomic E-state index is -0.740. The van der Waals surface area contributed by atoms with Gasteiger partial charge in [0.15, 0.2) is 0 Å². The van der Waals surface area contributed by atoms with Crippen molar-refractivity contribution in [2.24, 2.45) is 5.10 Å². The molecule has 1 atom stereocenters. The molecular formula is C17H15Cl2N3O2. The van der Waals surface area contributed by atoms with Crippen LogP contribution in [0.2, 0.25) is 10.0 Å². The van der Waals surface area contributed by atoms with Gasteiger partial charge < -0.3 is 5.32 Å². The van der Waals surface area contributed by atoms with Gasteiger partial charge in [-0.2, -0.15) is 5.10 Å². The third-order valence-electron chi connectivity index (χ3n) is 3.12. The van der Waals surface area contributed by atoms with Crippen molar-refractivity contribution in [2.75, 3.05) is 0 Å². The Labute approximate surface area is 149 Å². The average Bonchev–Trinajstić information content (AvgIpc) is 2.57. The van der Waals surface area contributed by atoms with Crippen LogP contribution in [0.1, 0.15) is 22.8 Å². The van der Waals surface area contributed by atoms with Gasteiger partial charge in [0.2, 0.25) is 0 Å². The number of nitrogens with one attached hydrogen (secondary N) is 2. The Morgan fingerprint density at radius 2 is 1.83 bits per heavy atom. The third-order valence-corrected chi connectivity index (χ3v) is 3.68. The summed E-state index contributed by atoms with van der Waals surface area (Å²) in [5.41, 5.74) is 3.45. The fraction of sp³-hybridized carbons (Fsp3) is 0.118. The van der Waals surface area contributed by atoms with Gasteiger partial charge in [0.1, 0.15) is 6.04 Å². The Morgan fingerprint density at radius 1 is 1.12 bits per heavy atom. The van der Waals surface area contributed by atoms with Crippen LogP contribution < -0.4 is 10.7 Å². The predicted molar refractivity (Wildman–Crippen MR) is 95.6 cm³/mol. The highest BCUT2D eigenvalue weighted by molar-refractivity contribution is 6.36. The zero-order valence-electron chi connectivity index (χ0n) is 12.8. The molecule has 0 saturated carbocycles. The first-order valence-electron chi connectivity index (χ1n) is 7.11. The summed E-state index contributed by atoms with van der Waals surface area (Å²) < 4.78 is 0. The molecule has 124 valence electrons. The largest absolute Gasteiger partial charge is 0.340 e. The van der Waals surface area contributed by atoms with E-state index in [0.717, 1.165) is 0 Å². The molecule has 2 aromatic rings. The van der Waals surface area contributed by atoms with E-state index in [1.807, 2.05) is 6.07 Å². The van der Waals surface area contributed by atoms with Gasteiger partial charge in [-0.05, 0) is 31.2 Å². The van der Waals surface area contributed by atoms with Gasteiger partial charge in [-0.3, -0.25) is 9.59 Å². The number of rotatable bonds is 5. The molecule has 0 fully saturated rings. The molecule has 2 amide bonds. The molecule has 0 bridgehead atoms. The molecule has 0 aliphatic rings. The van der Waals surface area contributed by atoms with Crippen molar-refractivity contribution < 1.29 is 9.59 Å². The molecule has 0 spiro atoms. The van der Waals surface area contributed by atoms with E-state index in [2.05, 4.69) is 15.8 Å². The fourth-order valence-corrected chi connectivity index (χ4v) is 2.26. The fourth-order valence-electron chi connectivity index (χ4n) is 1.80. The van der Waals surface area contributed by atoms with Crippen LogP contribution in [0.25, 0.3) is 0 Å². The Morgan fingerprint density at radius 3 is 2.50 bits per heavy atom. The Hall–Kier alpha value is -2.37. The van der Waals surface area contributed by atoms with Gasteiger partial charge in [-0.15, -0.1) is 0 Å². The standard InChI is InChI=1S/C17H15Cl2N3O2/c1-11(21-17(24)12-5-3-2-4-6-12)16(23)22-20-10-13-7-8-14(18)9-15(13)19/h2-11H,1H3,(H,21,24)(H,22,23)/b20-10+. The summed E-state index contributed by atoms with van der Waals surface area (Å²) in [6.07, 6.45) is 1.41. The smallest absolute Gasteiger partial charge is 0.262 e. The monoisotopic (exact) mass is 363 g/mol. The number of carbonyl (C=O) groups is 2. The summed E-state index contributed by atoms with van der Waals surface area (Å²) >= 11 is 11.8. The molecule has 2 aromatic carbocycles. The molecule has 0 radical (unpaired) electrons. The Bertz CT molecular complexity index is 764. The molecule has 0 saturated heterocycles. The van der Waals surface area contributed by atoms with Crippen LogP contribution >= 0.6 is 23.2 Å². The van der Waals surface area contributed by atoms with Crippen LogP contribution in [0.15, 0.2) is 53.6 Å². The molecule has 2 N–H and O–H groups in total. The van der Waals surface area contributed by atoms with Gasteiger partial charge in [0.05, 0.1) is 11.2 Å². The zero-order valence-corrected chi connectivity index (χ0v) is 14.3. The molecule has 1 unspecified atom stereocenters. The first kappa shape index (κ1) is 18.0. The van der Waals surface area contributed by atoms with E-state index in [4.69, 9.17) is 23.2 Å². The first-order chi connectivity index (χ1) is 11.5. The summed E-state index contributed by atoms with van der Waals surface area (Å²) in [6, 6.07) is 12.8. The molecule has 0 aliphatic carbocycles. The second-order valence-corrected chi connectivity index (χ2v) is 5.80.